The van der Waals surface area contributed by atoms with E-state index in [0.717, 1.165) is 92.3 Å². The molecule has 0 bridgehead atoms. The van der Waals surface area contributed by atoms with Crippen LogP contribution < -0.4 is 15.0 Å². The third-order valence-corrected chi connectivity index (χ3v) is 9.78. The highest BCUT2D eigenvalue weighted by molar-refractivity contribution is 7.90. The maximum atomic E-state index is 13.6. The molecule has 0 fully saturated rings. The van der Waals surface area contributed by atoms with E-state index in [4.69, 9.17) is 14.5 Å². The Labute approximate surface area is 293 Å². The summed E-state index contributed by atoms with van der Waals surface area (Å²) in [7, 11) is 0. The Balaban J connectivity index is 1.28. The van der Waals surface area contributed by atoms with Crippen molar-refractivity contribution in [2.45, 2.75) is 76.5 Å². The van der Waals surface area contributed by atoms with Crippen LogP contribution >= 0.6 is 0 Å². The highest BCUT2D eigenvalue weighted by atomic mass is 32.2. The molecule has 4 aromatic rings. The van der Waals surface area contributed by atoms with Gasteiger partial charge in [0.05, 0.1) is 24.8 Å². The molecule has 0 aliphatic carbocycles. The number of benzene rings is 2. The molecule has 0 radical (unpaired) electrons. The molecule has 0 saturated heterocycles. The summed E-state index contributed by atoms with van der Waals surface area (Å²) in [5, 5.41) is 3.07. The maximum absolute atomic E-state index is 13.6. The third-order valence-electron chi connectivity index (χ3n) is 8.43. The summed E-state index contributed by atoms with van der Waals surface area (Å²) in [5.41, 5.74) is 5.25. The number of imidazole rings is 1. The highest BCUT2D eigenvalue weighted by Gasteiger charge is 2.20. The van der Waals surface area contributed by atoms with Crippen LogP contribution in [0.2, 0.25) is 0 Å². The number of nitrogens with zero attached hydrogens (tertiary/aromatic N) is 4. The van der Waals surface area contributed by atoms with Gasteiger partial charge in [0.15, 0.2) is 10.6 Å². The first-order valence-corrected chi connectivity index (χ1v) is 18.9. The molecular weight excluding hydrogens is 635 g/mol. The summed E-state index contributed by atoms with van der Waals surface area (Å²) in [4.78, 5) is 25.8. The second kappa shape index (κ2) is 18.6. The molecule has 9 nitrogen and oxygen atoms in total. The Hall–Kier alpha value is -4.12. The number of anilines is 2. The average molecular weight is 684 g/mol. The van der Waals surface area contributed by atoms with Gasteiger partial charge < -0.3 is 28.8 Å². The van der Waals surface area contributed by atoms with Crippen LogP contribution in [0.15, 0.2) is 83.8 Å². The lowest BCUT2D eigenvalue weighted by Crippen LogP contribution is -2.28. The predicted octanol–water partition coefficient (Wildman–Crippen LogP) is 7.89. The number of rotatable bonds is 17. The number of unbranched alkanes of at least 4 members (excludes halogenated alkanes) is 1. The summed E-state index contributed by atoms with van der Waals surface area (Å²) in [6.45, 7) is 10.9. The smallest absolute Gasteiger partial charge is 0.251 e. The summed E-state index contributed by atoms with van der Waals surface area (Å²) < 4.78 is 26.6. The minimum Gasteiger partial charge on any atom is -0.611 e. The van der Waals surface area contributed by atoms with Gasteiger partial charge in [-0.1, -0.05) is 39.3 Å². The van der Waals surface area contributed by atoms with Crippen molar-refractivity contribution in [2.24, 2.45) is 0 Å². The summed E-state index contributed by atoms with van der Waals surface area (Å²) in [5.74, 6) is 1.95. The van der Waals surface area contributed by atoms with Crippen LogP contribution in [-0.2, 0) is 33.0 Å². The Kier molecular flexibility index (Phi) is 13.7. The molecular formula is C39H49N5O4S. The van der Waals surface area contributed by atoms with Crippen LogP contribution in [0.5, 0.6) is 5.75 Å². The van der Waals surface area contributed by atoms with Gasteiger partial charge in [0.1, 0.15) is 18.2 Å². The number of nitrogens with one attached hydrogen (secondary N) is 1. The number of pyridine rings is 1. The number of aromatic nitrogens is 3. The minimum absolute atomic E-state index is 0.141. The fourth-order valence-corrected chi connectivity index (χ4v) is 6.95. The number of ether oxygens (including phenoxy) is 2. The first-order valence-electron chi connectivity index (χ1n) is 17.5. The molecule has 1 N–H and O–H groups in total. The maximum Gasteiger partial charge on any atom is 0.251 e. The number of carbonyl (C=O) groups excluding carboxylic acids is 1. The molecule has 3 heterocycles. The van der Waals surface area contributed by atoms with Crippen molar-refractivity contribution >= 4 is 34.7 Å². The van der Waals surface area contributed by atoms with E-state index in [1.54, 1.807) is 12.5 Å². The SMILES string of the molecule is CCCCOCCOc1ccc(-c2cnc3c(c2)C=C(C(=O)Nc2ccc([S+]([O-])Cc4cncn4CCC)cc2)CCCN3CCC)cc1. The Morgan fingerprint density at radius 2 is 1.73 bits per heavy atom. The van der Waals surface area contributed by atoms with Crippen LogP contribution in [0, 0.1) is 0 Å². The summed E-state index contributed by atoms with van der Waals surface area (Å²) in [6, 6.07) is 17.4. The lowest BCUT2D eigenvalue weighted by Gasteiger charge is -2.27. The second-order valence-electron chi connectivity index (χ2n) is 12.3. The lowest BCUT2D eigenvalue weighted by atomic mass is 9.99. The van der Waals surface area contributed by atoms with Crippen molar-refractivity contribution in [1.82, 2.24) is 14.5 Å². The fourth-order valence-electron chi connectivity index (χ4n) is 5.84. The van der Waals surface area contributed by atoms with Gasteiger partial charge >= 0.3 is 0 Å². The van der Waals surface area contributed by atoms with Crippen LogP contribution in [-0.4, -0.2) is 57.9 Å². The van der Waals surface area contributed by atoms with Gasteiger partial charge in [0.25, 0.3) is 5.91 Å². The second-order valence-corrected chi connectivity index (χ2v) is 13.7. The quantitative estimate of drug-likeness (QED) is 0.0892. The molecule has 49 heavy (non-hydrogen) atoms. The Morgan fingerprint density at radius 1 is 0.939 bits per heavy atom. The monoisotopic (exact) mass is 683 g/mol. The van der Waals surface area contributed by atoms with E-state index in [9.17, 15) is 9.35 Å². The van der Waals surface area contributed by atoms with E-state index >= 15 is 0 Å². The number of amides is 1. The van der Waals surface area contributed by atoms with Crippen molar-refractivity contribution in [3.8, 4) is 16.9 Å². The molecule has 2 aromatic carbocycles. The zero-order chi connectivity index (χ0) is 34.4. The standard InChI is InChI=1S/C39H49N5O4S/c1-4-7-21-47-22-23-48-36-14-10-30(11-15-36)33-25-32-24-31(9-8-20-43(18-5-2)38(32)41-26-33)39(45)42-34-12-16-37(17-13-34)49(46)28-35-27-40-29-44(35)19-6-3/h10-17,24-27,29H,4-9,18-23,28H2,1-3H3,(H,42,45). The van der Waals surface area contributed by atoms with E-state index < -0.39 is 11.2 Å². The topological polar surface area (TPSA) is 105 Å². The van der Waals surface area contributed by atoms with Gasteiger partial charge in [-0.05, 0) is 97.4 Å². The molecule has 5 rings (SSSR count). The van der Waals surface area contributed by atoms with Crippen LogP contribution in [0.25, 0.3) is 17.2 Å². The largest absolute Gasteiger partial charge is 0.611 e. The van der Waals surface area contributed by atoms with E-state index in [0.29, 0.717) is 41.5 Å². The number of hydrogen-bond donors (Lipinski definition) is 1. The van der Waals surface area contributed by atoms with Gasteiger partial charge in [-0.3, -0.25) is 4.79 Å². The fraction of sp³-hybridized carbons (Fsp3) is 0.410. The highest BCUT2D eigenvalue weighted by Crippen LogP contribution is 2.31. The number of hydrogen-bond acceptors (Lipinski definition) is 7. The molecule has 0 spiro atoms. The molecule has 0 saturated carbocycles. The van der Waals surface area contributed by atoms with Crippen molar-refractivity contribution in [2.75, 3.05) is 43.1 Å². The molecule has 1 amide bonds. The van der Waals surface area contributed by atoms with Crippen molar-refractivity contribution in [3.05, 3.63) is 90.1 Å². The van der Waals surface area contributed by atoms with Gasteiger partial charge in [0.2, 0.25) is 0 Å². The zero-order valence-corrected chi connectivity index (χ0v) is 29.8. The van der Waals surface area contributed by atoms with E-state index in [1.165, 1.54) is 0 Å². The molecule has 1 aliphatic rings. The van der Waals surface area contributed by atoms with Crippen molar-refractivity contribution in [3.63, 3.8) is 0 Å². The normalized spacial score (nSPS) is 13.6. The predicted molar refractivity (Wildman–Crippen MR) is 198 cm³/mol. The zero-order valence-electron chi connectivity index (χ0n) is 29.0. The van der Waals surface area contributed by atoms with Gasteiger partial charge in [-0.25, -0.2) is 9.97 Å². The number of aryl methyl sites for hydroxylation is 1. The molecule has 1 aliphatic heterocycles. The number of carbonyl (C=O) groups is 1. The van der Waals surface area contributed by atoms with Gasteiger partial charge in [-0.2, -0.15) is 0 Å². The third kappa shape index (κ3) is 10.2. The van der Waals surface area contributed by atoms with Gasteiger partial charge in [-0.15, -0.1) is 0 Å². The van der Waals surface area contributed by atoms with E-state index in [-0.39, 0.29) is 5.91 Å². The first kappa shape index (κ1) is 36.2. The van der Waals surface area contributed by atoms with Crippen LogP contribution in [0.3, 0.4) is 0 Å². The van der Waals surface area contributed by atoms with Crippen LogP contribution in [0.1, 0.15) is 70.6 Å². The van der Waals surface area contributed by atoms with Gasteiger partial charge in [0, 0.05) is 54.8 Å². The van der Waals surface area contributed by atoms with E-state index in [1.807, 2.05) is 65.4 Å². The molecule has 1 atom stereocenters. The molecule has 1 unspecified atom stereocenters. The van der Waals surface area contributed by atoms with E-state index in [2.05, 4.69) is 42.0 Å². The first-order chi connectivity index (χ1) is 24.0. The van der Waals surface area contributed by atoms with Crippen molar-refractivity contribution < 1.29 is 18.8 Å². The van der Waals surface area contributed by atoms with Crippen LogP contribution in [0.4, 0.5) is 11.5 Å². The molecule has 260 valence electrons. The lowest BCUT2D eigenvalue weighted by molar-refractivity contribution is -0.112. The number of fused-ring (bicyclic) bond motifs is 1. The Morgan fingerprint density at radius 3 is 2.49 bits per heavy atom. The molecule has 2 aromatic heterocycles. The molecule has 10 heteroatoms. The van der Waals surface area contributed by atoms with Crippen molar-refractivity contribution in [1.29, 1.82) is 0 Å². The summed E-state index contributed by atoms with van der Waals surface area (Å²) in [6.07, 6.45) is 13.1. The Bertz CT molecular complexity index is 1650. The minimum atomic E-state index is -1.22. The average Bonchev–Trinajstić information content (AvgIpc) is 3.54. The summed E-state index contributed by atoms with van der Waals surface area (Å²) >= 11 is -1.22.